The van der Waals surface area contributed by atoms with Gasteiger partial charge in [-0.1, -0.05) is 43.3 Å². The van der Waals surface area contributed by atoms with Gasteiger partial charge in [0.05, 0.1) is 5.92 Å². The van der Waals surface area contributed by atoms with E-state index in [1.165, 1.54) is 5.69 Å². The smallest absolute Gasteiger partial charge is 0.311 e. The number of primary amides is 1. The summed E-state index contributed by atoms with van der Waals surface area (Å²) in [4.78, 5) is 27.6. The zero-order valence-corrected chi connectivity index (χ0v) is 21.8. The number of anilines is 2. The topological polar surface area (TPSA) is 109 Å². The van der Waals surface area contributed by atoms with E-state index in [-0.39, 0.29) is 6.41 Å². The molecule has 1 aliphatic heterocycles. The van der Waals surface area contributed by atoms with Crippen LogP contribution >= 0.6 is 0 Å². The highest BCUT2D eigenvalue weighted by molar-refractivity contribution is 5.78. The lowest BCUT2D eigenvalue weighted by Crippen LogP contribution is -2.35. The fourth-order valence-electron chi connectivity index (χ4n) is 5.05. The molecule has 1 fully saturated rings. The Morgan fingerprint density at radius 3 is 2.43 bits per heavy atom. The highest BCUT2D eigenvalue weighted by atomic mass is 16.4. The third-order valence-electron chi connectivity index (χ3n) is 7.03. The van der Waals surface area contributed by atoms with E-state index in [1.807, 2.05) is 43.5 Å². The molecule has 0 bridgehead atoms. The second kappa shape index (κ2) is 14.0. The summed E-state index contributed by atoms with van der Waals surface area (Å²) >= 11 is 0. The Kier molecular flexibility index (Phi) is 10.5. The van der Waals surface area contributed by atoms with Gasteiger partial charge in [0.25, 0.3) is 0 Å². The van der Waals surface area contributed by atoms with E-state index >= 15 is 0 Å². The van der Waals surface area contributed by atoms with Crippen molar-refractivity contribution in [2.75, 3.05) is 29.9 Å². The number of carboxylic acid groups (broad SMARTS) is 1. The van der Waals surface area contributed by atoms with Gasteiger partial charge >= 0.3 is 5.97 Å². The molecule has 3 aromatic rings. The number of nitrogens with one attached hydrogen (secondary N) is 1. The molecule has 2 heterocycles. The Bertz CT molecular complexity index is 1130. The van der Waals surface area contributed by atoms with Crippen molar-refractivity contribution in [3.05, 3.63) is 89.1 Å². The summed E-state index contributed by atoms with van der Waals surface area (Å²) in [6.45, 7) is 7.13. The van der Waals surface area contributed by atoms with Gasteiger partial charge in [0.1, 0.15) is 5.82 Å². The number of carboxylic acids is 1. The zero-order chi connectivity index (χ0) is 26.6. The minimum Gasteiger partial charge on any atom is -0.481 e. The molecule has 0 spiro atoms. The summed E-state index contributed by atoms with van der Waals surface area (Å²) in [7, 11) is 0. The molecule has 4 N–H and O–H groups in total. The van der Waals surface area contributed by atoms with Crippen molar-refractivity contribution in [3.8, 4) is 0 Å². The number of amides is 1. The van der Waals surface area contributed by atoms with Crippen molar-refractivity contribution in [2.24, 2.45) is 11.7 Å². The van der Waals surface area contributed by atoms with Crippen molar-refractivity contribution < 1.29 is 14.7 Å². The summed E-state index contributed by atoms with van der Waals surface area (Å²) in [6.07, 6.45) is 5.71. The molecule has 4 rings (SSSR count). The molecule has 0 radical (unpaired) electrons. The maximum atomic E-state index is 12.2. The second-order valence-corrected chi connectivity index (χ2v) is 9.43. The molecule has 0 aliphatic carbocycles. The number of nitrogens with two attached hydrogens (primary N) is 1. The number of aryl methyl sites for hydroxylation is 2. The number of benzene rings is 2. The first-order chi connectivity index (χ1) is 18.0. The highest BCUT2D eigenvalue weighted by Crippen LogP contribution is 2.30. The van der Waals surface area contributed by atoms with Crippen LogP contribution in [0.15, 0.2) is 66.9 Å². The minimum absolute atomic E-state index is 0.250. The first-order valence-electron chi connectivity index (χ1n) is 12.9. The van der Waals surface area contributed by atoms with Crippen LogP contribution in [0.3, 0.4) is 0 Å². The number of aliphatic carboxylic acids is 1. The predicted octanol–water partition coefficient (Wildman–Crippen LogP) is 4.79. The third kappa shape index (κ3) is 7.81. The molecule has 0 saturated carbocycles. The van der Waals surface area contributed by atoms with E-state index in [0.717, 1.165) is 67.0 Å². The van der Waals surface area contributed by atoms with Crippen LogP contribution in [0.25, 0.3) is 0 Å². The molecule has 2 aromatic carbocycles. The molecule has 1 aliphatic rings. The Labute approximate surface area is 219 Å². The number of pyridine rings is 1. The summed E-state index contributed by atoms with van der Waals surface area (Å²) in [6, 6.07) is 20.5. The van der Waals surface area contributed by atoms with Crippen LogP contribution in [-0.2, 0) is 22.4 Å². The van der Waals surface area contributed by atoms with Crippen LogP contribution < -0.4 is 16.0 Å². The normalized spacial score (nSPS) is 14.3. The number of carbonyl (C=O) groups is 2. The van der Waals surface area contributed by atoms with Gasteiger partial charge in [0.15, 0.2) is 0 Å². The Hall–Kier alpha value is -3.87. The van der Waals surface area contributed by atoms with Gasteiger partial charge in [0, 0.05) is 31.5 Å². The predicted molar refractivity (Wildman–Crippen MR) is 149 cm³/mol. The van der Waals surface area contributed by atoms with E-state index in [9.17, 15) is 9.90 Å². The van der Waals surface area contributed by atoms with Gasteiger partial charge in [0.2, 0.25) is 6.41 Å². The first-order valence-corrected chi connectivity index (χ1v) is 12.9. The number of hydrogen-bond donors (Lipinski definition) is 3. The molecule has 1 unspecified atom stereocenters. The van der Waals surface area contributed by atoms with Crippen LogP contribution in [0.4, 0.5) is 11.5 Å². The molecule has 1 aromatic heterocycles. The van der Waals surface area contributed by atoms with E-state index < -0.39 is 11.9 Å². The molecule has 1 amide bonds. The molecule has 37 heavy (non-hydrogen) atoms. The number of piperidine rings is 1. The molecule has 1 saturated heterocycles. The SMILES string of the molecule is CCc1cccc(C)c1C(Cc1ccc(N2CCC(CNc3ccccn3)CC2)cc1)C(=O)O.NC=O. The van der Waals surface area contributed by atoms with Crippen molar-refractivity contribution in [3.63, 3.8) is 0 Å². The molecular formula is C30H38N4O3. The summed E-state index contributed by atoms with van der Waals surface area (Å²) in [5, 5.41) is 13.5. The Morgan fingerprint density at radius 2 is 1.84 bits per heavy atom. The Morgan fingerprint density at radius 1 is 1.14 bits per heavy atom. The van der Waals surface area contributed by atoms with Crippen LogP contribution in [0, 0.1) is 12.8 Å². The van der Waals surface area contributed by atoms with Crippen LogP contribution in [0.5, 0.6) is 0 Å². The summed E-state index contributed by atoms with van der Waals surface area (Å²) in [5.74, 6) is 0.312. The van der Waals surface area contributed by atoms with Crippen molar-refractivity contribution in [1.29, 1.82) is 0 Å². The summed E-state index contributed by atoms with van der Waals surface area (Å²) < 4.78 is 0. The largest absolute Gasteiger partial charge is 0.481 e. The molecule has 196 valence electrons. The Balaban J connectivity index is 0.00000121. The lowest BCUT2D eigenvalue weighted by molar-refractivity contribution is -0.138. The lowest BCUT2D eigenvalue weighted by atomic mass is 9.85. The van der Waals surface area contributed by atoms with Gasteiger partial charge in [-0.25, -0.2) is 4.98 Å². The maximum Gasteiger partial charge on any atom is 0.311 e. The van der Waals surface area contributed by atoms with E-state index in [4.69, 9.17) is 4.79 Å². The lowest BCUT2D eigenvalue weighted by Gasteiger charge is -2.34. The number of aromatic nitrogens is 1. The quantitative estimate of drug-likeness (QED) is 0.363. The van der Waals surface area contributed by atoms with Gasteiger partial charge in [-0.2, -0.15) is 0 Å². The van der Waals surface area contributed by atoms with Crippen LogP contribution in [-0.4, -0.2) is 42.1 Å². The standard InChI is InChI=1S/C29H35N3O2.CH3NO/c1-3-24-8-6-7-21(2)28(24)26(29(33)34)19-22-10-12-25(13-11-22)32-17-14-23(15-18-32)20-31-27-9-4-5-16-30-27;2-1-3/h4-13,16,23,26H,3,14-15,17-20H2,1-2H3,(H,30,31)(H,33,34);1H,(H2,2,3). The van der Waals surface area contributed by atoms with Crippen LogP contribution in [0.2, 0.25) is 0 Å². The number of carbonyl (C=O) groups excluding carboxylic acids is 1. The van der Waals surface area contributed by atoms with E-state index in [2.05, 4.69) is 58.2 Å². The van der Waals surface area contributed by atoms with E-state index in [0.29, 0.717) is 12.3 Å². The molecule has 1 atom stereocenters. The minimum atomic E-state index is -0.755. The molecular weight excluding hydrogens is 464 g/mol. The van der Waals surface area contributed by atoms with Crippen LogP contribution in [0.1, 0.15) is 47.9 Å². The fourth-order valence-corrected chi connectivity index (χ4v) is 5.05. The van der Waals surface area contributed by atoms with Crippen molar-refractivity contribution in [1.82, 2.24) is 4.98 Å². The maximum absolute atomic E-state index is 12.2. The summed E-state index contributed by atoms with van der Waals surface area (Å²) in [5.41, 5.74) is 9.61. The first kappa shape index (κ1) is 27.7. The average molecular weight is 503 g/mol. The third-order valence-corrected chi connectivity index (χ3v) is 7.03. The van der Waals surface area contributed by atoms with E-state index in [1.54, 1.807) is 0 Å². The van der Waals surface area contributed by atoms with Gasteiger partial charge < -0.3 is 21.1 Å². The molecule has 7 nitrogen and oxygen atoms in total. The number of rotatable bonds is 9. The van der Waals surface area contributed by atoms with Crippen molar-refractivity contribution in [2.45, 2.75) is 45.4 Å². The second-order valence-electron chi connectivity index (χ2n) is 9.43. The average Bonchev–Trinajstić information content (AvgIpc) is 2.92. The number of nitrogens with zero attached hydrogens (tertiary/aromatic N) is 2. The zero-order valence-electron chi connectivity index (χ0n) is 21.8. The molecule has 7 heteroatoms. The van der Waals surface area contributed by atoms with Gasteiger partial charge in [-0.3, -0.25) is 9.59 Å². The monoisotopic (exact) mass is 502 g/mol. The van der Waals surface area contributed by atoms with Crippen molar-refractivity contribution >= 4 is 23.9 Å². The van der Waals surface area contributed by atoms with Gasteiger partial charge in [-0.05, 0) is 85.0 Å². The number of hydrogen-bond acceptors (Lipinski definition) is 5. The fraction of sp³-hybridized carbons (Fsp3) is 0.367. The van der Waals surface area contributed by atoms with Gasteiger partial charge in [-0.15, -0.1) is 0 Å². The highest BCUT2D eigenvalue weighted by Gasteiger charge is 2.25.